The van der Waals surface area contributed by atoms with E-state index in [9.17, 15) is 0 Å². The summed E-state index contributed by atoms with van der Waals surface area (Å²) in [7, 11) is 0. The SMILES string of the molecule is CCCNC1c2cc(C)c(C)cc2SC1CCC. The fourth-order valence-electron chi connectivity index (χ4n) is 2.64. The molecule has 0 radical (unpaired) electrons. The van der Waals surface area contributed by atoms with Gasteiger partial charge in [-0.05, 0) is 56.0 Å². The number of aryl methyl sites for hydroxylation is 2. The third-order valence-electron chi connectivity index (χ3n) is 3.80. The molecule has 0 bridgehead atoms. The Morgan fingerprint density at radius 2 is 1.83 bits per heavy atom. The first-order valence-corrected chi connectivity index (χ1v) is 8.06. The normalized spacial score (nSPS) is 22.2. The molecule has 1 aliphatic rings. The van der Waals surface area contributed by atoms with Gasteiger partial charge in [0.15, 0.2) is 0 Å². The largest absolute Gasteiger partial charge is 0.309 e. The monoisotopic (exact) mass is 263 g/mol. The lowest BCUT2D eigenvalue weighted by Gasteiger charge is -2.20. The van der Waals surface area contributed by atoms with Gasteiger partial charge in [-0.3, -0.25) is 0 Å². The Kier molecular flexibility index (Phi) is 4.74. The summed E-state index contributed by atoms with van der Waals surface area (Å²) in [5.74, 6) is 0. The maximum absolute atomic E-state index is 3.75. The smallest absolute Gasteiger partial charge is 0.0455 e. The minimum absolute atomic E-state index is 0.559. The zero-order valence-electron chi connectivity index (χ0n) is 12.0. The van der Waals surface area contributed by atoms with Gasteiger partial charge in [-0.15, -0.1) is 11.8 Å². The molecule has 0 saturated carbocycles. The summed E-state index contributed by atoms with van der Waals surface area (Å²) in [6.45, 7) is 10.1. The van der Waals surface area contributed by atoms with Gasteiger partial charge in [0, 0.05) is 16.2 Å². The molecule has 1 aromatic rings. The first-order chi connectivity index (χ1) is 8.67. The molecule has 1 aromatic carbocycles. The van der Waals surface area contributed by atoms with Crippen molar-refractivity contribution in [3.8, 4) is 0 Å². The number of thioether (sulfide) groups is 1. The van der Waals surface area contributed by atoms with E-state index < -0.39 is 0 Å². The average molecular weight is 263 g/mol. The fraction of sp³-hybridized carbons (Fsp3) is 0.625. The predicted octanol–water partition coefficient (Wildman–Crippen LogP) is 4.62. The Labute approximate surface area is 116 Å². The van der Waals surface area contributed by atoms with E-state index in [2.05, 4.69) is 56.9 Å². The van der Waals surface area contributed by atoms with Crippen LogP contribution in [-0.4, -0.2) is 11.8 Å². The third kappa shape index (κ3) is 2.75. The summed E-state index contributed by atoms with van der Waals surface area (Å²) >= 11 is 2.08. The van der Waals surface area contributed by atoms with Crippen LogP contribution in [0.5, 0.6) is 0 Å². The summed E-state index contributed by atoms with van der Waals surface area (Å²) < 4.78 is 0. The van der Waals surface area contributed by atoms with Gasteiger partial charge in [-0.25, -0.2) is 0 Å². The van der Waals surface area contributed by atoms with Crippen molar-refractivity contribution in [3.63, 3.8) is 0 Å². The van der Waals surface area contributed by atoms with Gasteiger partial charge in [0.1, 0.15) is 0 Å². The Balaban J connectivity index is 2.27. The molecule has 0 spiro atoms. The van der Waals surface area contributed by atoms with Crippen LogP contribution in [0.2, 0.25) is 0 Å². The van der Waals surface area contributed by atoms with E-state index in [1.165, 1.54) is 40.8 Å². The first-order valence-electron chi connectivity index (χ1n) is 7.18. The van der Waals surface area contributed by atoms with Crippen molar-refractivity contribution in [2.24, 2.45) is 0 Å². The molecule has 1 aliphatic heterocycles. The van der Waals surface area contributed by atoms with Gasteiger partial charge in [0.25, 0.3) is 0 Å². The van der Waals surface area contributed by atoms with Crippen molar-refractivity contribution in [2.75, 3.05) is 6.54 Å². The van der Waals surface area contributed by atoms with Crippen molar-refractivity contribution in [1.29, 1.82) is 0 Å². The third-order valence-corrected chi connectivity index (χ3v) is 5.22. The summed E-state index contributed by atoms with van der Waals surface area (Å²) in [4.78, 5) is 1.50. The van der Waals surface area contributed by atoms with Crippen molar-refractivity contribution >= 4 is 11.8 Å². The van der Waals surface area contributed by atoms with Crippen molar-refractivity contribution in [1.82, 2.24) is 5.32 Å². The number of benzene rings is 1. The Morgan fingerprint density at radius 3 is 2.50 bits per heavy atom. The highest BCUT2D eigenvalue weighted by molar-refractivity contribution is 8.00. The maximum atomic E-state index is 3.75. The van der Waals surface area contributed by atoms with Crippen LogP contribution in [-0.2, 0) is 0 Å². The number of nitrogens with one attached hydrogen (secondary N) is 1. The van der Waals surface area contributed by atoms with E-state index in [0.717, 1.165) is 11.8 Å². The topological polar surface area (TPSA) is 12.0 Å². The van der Waals surface area contributed by atoms with Crippen molar-refractivity contribution in [3.05, 3.63) is 28.8 Å². The van der Waals surface area contributed by atoms with Crippen LogP contribution in [0.1, 0.15) is 55.8 Å². The Morgan fingerprint density at radius 1 is 1.11 bits per heavy atom. The number of fused-ring (bicyclic) bond motifs is 1. The molecular weight excluding hydrogens is 238 g/mol. The molecule has 1 heterocycles. The van der Waals surface area contributed by atoms with E-state index in [1.54, 1.807) is 0 Å². The van der Waals surface area contributed by atoms with Crippen molar-refractivity contribution < 1.29 is 0 Å². The minimum Gasteiger partial charge on any atom is -0.309 e. The van der Waals surface area contributed by atoms with Crippen LogP contribution in [0.15, 0.2) is 17.0 Å². The van der Waals surface area contributed by atoms with E-state index in [0.29, 0.717) is 6.04 Å². The second-order valence-corrected chi connectivity index (χ2v) is 6.63. The zero-order chi connectivity index (χ0) is 13.1. The molecule has 0 aromatic heterocycles. The van der Waals surface area contributed by atoms with Gasteiger partial charge in [-0.2, -0.15) is 0 Å². The van der Waals surface area contributed by atoms with Crippen LogP contribution in [0.3, 0.4) is 0 Å². The molecule has 2 rings (SSSR count). The first kappa shape index (κ1) is 14.0. The average Bonchev–Trinajstić information content (AvgIpc) is 2.65. The van der Waals surface area contributed by atoms with Crippen molar-refractivity contribution in [2.45, 2.75) is 63.1 Å². The summed E-state index contributed by atoms with van der Waals surface area (Å²) in [6, 6.07) is 5.34. The summed E-state index contributed by atoms with van der Waals surface area (Å²) in [6.07, 6.45) is 3.78. The molecular formula is C16H25NS. The van der Waals surface area contributed by atoms with Gasteiger partial charge in [0.05, 0.1) is 0 Å². The van der Waals surface area contributed by atoms with Crippen LogP contribution < -0.4 is 5.32 Å². The predicted molar refractivity (Wildman–Crippen MR) is 81.5 cm³/mol. The highest BCUT2D eigenvalue weighted by Crippen LogP contribution is 2.46. The second-order valence-electron chi connectivity index (χ2n) is 5.35. The molecule has 2 heteroatoms. The van der Waals surface area contributed by atoms with E-state index in [1.807, 2.05) is 0 Å². The summed E-state index contributed by atoms with van der Waals surface area (Å²) in [5.41, 5.74) is 4.39. The quantitative estimate of drug-likeness (QED) is 0.832. The number of hydrogen-bond acceptors (Lipinski definition) is 2. The lowest BCUT2D eigenvalue weighted by Crippen LogP contribution is -2.27. The molecule has 0 aliphatic carbocycles. The molecule has 2 atom stereocenters. The van der Waals surface area contributed by atoms with Gasteiger partial charge in [0.2, 0.25) is 0 Å². The Bertz CT molecular complexity index is 414. The Hall–Kier alpha value is -0.470. The lowest BCUT2D eigenvalue weighted by atomic mass is 9.97. The van der Waals surface area contributed by atoms with Gasteiger partial charge in [-0.1, -0.05) is 26.3 Å². The van der Waals surface area contributed by atoms with Crippen LogP contribution >= 0.6 is 11.8 Å². The van der Waals surface area contributed by atoms with Crippen LogP contribution in [0.4, 0.5) is 0 Å². The summed E-state index contributed by atoms with van der Waals surface area (Å²) in [5, 5.41) is 4.47. The molecule has 1 nitrogen and oxygen atoms in total. The zero-order valence-corrected chi connectivity index (χ0v) is 12.9. The number of hydrogen-bond donors (Lipinski definition) is 1. The lowest BCUT2D eigenvalue weighted by molar-refractivity contribution is 0.498. The highest BCUT2D eigenvalue weighted by atomic mass is 32.2. The van der Waals surface area contributed by atoms with E-state index in [-0.39, 0.29) is 0 Å². The van der Waals surface area contributed by atoms with Crippen LogP contribution in [0, 0.1) is 13.8 Å². The molecule has 1 N–H and O–H groups in total. The molecule has 2 unspecified atom stereocenters. The molecule has 18 heavy (non-hydrogen) atoms. The van der Waals surface area contributed by atoms with E-state index in [4.69, 9.17) is 0 Å². The molecule has 100 valence electrons. The highest BCUT2D eigenvalue weighted by Gasteiger charge is 2.32. The minimum atomic E-state index is 0.559. The molecule has 0 amide bonds. The van der Waals surface area contributed by atoms with Gasteiger partial charge < -0.3 is 5.32 Å². The fourth-order valence-corrected chi connectivity index (χ4v) is 4.27. The van der Waals surface area contributed by atoms with Crippen LogP contribution in [0.25, 0.3) is 0 Å². The van der Waals surface area contributed by atoms with Gasteiger partial charge >= 0.3 is 0 Å². The maximum Gasteiger partial charge on any atom is 0.0455 e. The molecule has 0 saturated heterocycles. The van der Waals surface area contributed by atoms with E-state index >= 15 is 0 Å². The number of rotatable bonds is 5. The second kappa shape index (κ2) is 6.12. The standard InChI is InChI=1S/C16H25NS/c1-5-7-14-16(17-8-6-2)13-9-11(3)12(4)10-15(13)18-14/h9-10,14,16-17H,5-8H2,1-4H3. The molecule has 0 fully saturated rings.